The molecule has 0 saturated carbocycles. The summed E-state index contributed by atoms with van der Waals surface area (Å²) in [5.74, 6) is 1.07. The molecule has 1 fully saturated rings. The van der Waals surface area contributed by atoms with Gasteiger partial charge in [-0.1, -0.05) is 6.92 Å². The van der Waals surface area contributed by atoms with Crippen LogP contribution in [0.3, 0.4) is 0 Å². The first-order valence-corrected chi connectivity index (χ1v) is 6.51. The molecular weight excluding hydrogens is 228 g/mol. The average molecular weight is 246 g/mol. The monoisotopic (exact) mass is 246 g/mol. The van der Waals surface area contributed by atoms with Crippen LogP contribution in [0.1, 0.15) is 25.2 Å². The highest BCUT2D eigenvalue weighted by Gasteiger charge is 2.22. The number of morpholine rings is 1. The minimum absolute atomic E-state index is 0.192. The number of ether oxygens (including phenoxy) is 1. The summed E-state index contributed by atoms with van der Waals surface area (Å²) in [6.07, 6.45) is 4.74. The van der Waals surface area contributed by atoms with Crippen LogP contribution in [0.2, 0.25) is 0 Å². The van der Waals surface area contributed by atoms with Crippen molar-refractivity contribution in [3.63, 3.8) is 0 Å². The molecule has 3 rings (SSSR count). The maximum absolute atomic E-state index is 5.53. The predicted octanol–water partition coefficient (Wildman–Crippen LogP) is 1.50. The summed E-state index contributed by atoms with van der Waals surface area (Å²) in [5.41, 5.74) is 2.13. The molecule has 3 heterocycles. The van der Waals surface area contributed by atoms with Gasteiger partial charge in [-0.3, -0.25) is 4.98 Å². The molecule has 1 unspecified atom stereocenters. The number of rotatable bonds is 3. The Bertz CT molecular complexity index is 531. The van der Waals surface area contributed by atoms with Crippen LogP contribution in [-0.4, -0.2) is 34.3 Å². The van der Waals surface area contributed by atoms with Crippen LogP contribution in [-0.2, 0) is 11.3 Å². The van der Waals surface area contributed by atoms with Gasteiger partial charge < -0.3 is 14.6 Å². The van der Waals surface area contributed by atoms with Crippen LogP contribution < -0.4 is 5.32 Å². The second-order valence-corrected chi connectivity index (χ2v) is 4.57. The summed E-state index contributed by atoms with van der Waals surface area (Å²) in [5, 5.41) is 3.47. The first-order chi connectivity index (χ1) is 8.90. The Kier molecular flexibility index (Phi) is 3.25. The van der Waals surface area contributed by atoms with Crippen LogP contribution in [0.5, 0.6) is 0 Å². The second kappa shape index (κ2) is 5.04. The molecule has 0 amide bonds. The van der Waals surface area contributed by atoms with Gasteiger partial charge in [0.25, 0.3) is 0 Å². The number of pyridine rings is 1. The minimum atomic E-state index is 0.192. The van der Waals surface area contributed by atoms with E-state index >= 15 is 0 Å². The highest BCUT2D eigenvalue weighted by Crippen LogP contribution is 2.22. The van der Waals surface area contributed by atoms with Gasteiger partial charge in [0.05, 0.1) is 31.0 Å². The Morgan fingerprint density at radius 2 is 2.50 bits per heavy atom. The minimum Gasteiger partial charge on any atom is -0.378 e. The Balaban J connectivity index is 2.05. The number of nitrogens with zero attached hydrogens (tertiary/aromatic N) is 3. The van der Waals surface area contributed by atoms with E-state index in [0.717, 1.165) is 43.0 Å². The van der Waals surface area contributed by atoms with Gasteiger partial charge in [-0.25, -0.2) is 4.98 Å². The van der Waals surface area contributed by atoms with Crippen molar-refractivity contribution in [1.82, 2.24) is 19.9 Å². The van der Waals surface area contributed by atoms with Gasteiger partial charge >= 0.3 is 0 Å². The Morgan fingerprint density at radius 3 is 3.28 bits per heavy atom. The number of aromatic nitrogens is 3. The Hall–Kier alpha value is -1.46. The topological polar surface area (TPSA) is 52.0 Å². The van der Waals surface area contributed by atoms with Crippen LogP contribution in [0, 0.1) is 0 Å². The predicted molar refractivity (Wildman–Crippen MR) is 69.4 cm³/mol. The van der Waals surface area contributed by atoms with Gasteiger partial charge in [-0.15, -0.1) is 0 Å². The van der Waals surface area contributed by atoms with Crippen LogP contribution in [0.25, 0.3) is 11.0 Å². The Morgan fingerprint density at radius 1 is 1.56 bits per heavy atom. The number of fused-ring (bicyclic) bond motifs is 1. The van der Waals surface area contributed by atoms with Gasteiger partial charge in [0.1, 0.15) is 11.3 Å². The van der Waals surface area contributed by atoms with Crippen molar-refractivity contribution in [3.8, 4) is 0 Å². The first-order valence-electron chi connectivity index (χ1n) is 6.51. The van der Waals surface area contributed by atoms with E-state index in [1.165, 1.54) is 0 Å². The van der Waals surface area contributed by atoms with Crippen LogP contribution in [0.15, 0.2) is 18.5 Å². The van der Waals surface area contributed by atoms with Gasteiger partial charge in [-0.2, -0.15) is 0 Å². The molecule has 18 heavy (non-hydrogen) atoms. The molecule has 1 atom stereocenters. The zero-order valence-electron chi connectivity index (χ0n) is 10.6. The van der Waals surface area contributed by atoms with Gasteiger partial charge in [0.2, 0.25) is 0 Å². The van der Waals surface area contributed by atoms with Crippen molar-refractivity contribution in [2.75, 3.05) is 19.8 Å². The van der Waals surface area contributed by atoms with Gasteiger partial charge in [-0.05, 0) is 12.5 Å². The fraction of sp³-hybridized carbons (Fsp3) is 0.538. The van der Waals surface area contributed by atoms with Gasteiger partial charge in [0.15, 0.2) is 0 Å². The summed E-state index contributed by atoms with van der Waals surface area (Å²) in [7, 11) is 0. The van der Waals surface area contributed by atoms with Crippen LogP contribution in [0.4, 0.5) is 0 Å². The molecule has 0 aliphatic carbocycles. The smallest absolute Gasteiger partial charge is 0.129 e. The molecule has 0 bridgehead atoms. The van der Waals surface area contributed by atoms with E-state index in [1.54, 1.807) is 0 Å². The number of hydrogen-bond acceptors (Lipinski definition) is 4. The molecule has 5 nitrogen and oxygen atoms in total. The molecule has 2 aromatic rings. The zero-order valence-corrected chi connectivity index (χ0v) is 10.6. The van der Waals surface area contributed by atoms with E-state index < -0.39 is 0 Å². The number of imidazole rings is 1. The largest absolute Gasteiger partial charge is 0.378 e. The average Bonchev–Trinajstić information content (AvgIpc) is 2.80. The number of hydrogen-bond donors (Lipinski definition) is 1. The van der Waals surface area contributed by atoms with Crippen LogP contribution >= 0.6 is 0 Å². The number of aryl methyl sites for hydroxylation is 1. The molecule has 5 heteroatoms. The highest BCUT2D eigenvalue weighted by atomic mass is 16.5. The zero-order chi connectivity index (χ0) is 12.4. The lowest BCUT2D eigenvalue weighted by Gasteiger charge is -2.24. The maximum Gasteiger partial charge on any atom is 0.129 e. The van der Waals surface area contributed by atoms with E-state index in [4.69, 9.17) is 9.72 Å². The molecule has 1 saturated heterocycles. The number of nitrogens with one attached hydrogen (secondary N) is 1. The SMILES string of the molecule is CCCn1c(C2COCCN2)nc2cnccc21. The molecule has 96 valence electrons. The van der Waals surface area contributed by atoms with E-state index in [9.17, 15) is 0 Å². The third kappa shape index (κ3) is 2.00. The second-order valence-electron chi connectivity index (χ2n) is 4.57. The molecule has 1 N–H and O–H groups in total. The quantitative estimate of drug-likeness (QED) is 0.891. The standard InChI is InChI=1S/C13H18N4O/c1-2-6-17-12-3-4-14-8-10(12)16-13(17)11-9-18-7-5-15-11/h3-4,8,11,15H,2,5-7,9H2,1H3. The molecule has 2 aromatic heterocycles. The van der Waals surface area contributed by atoms with Gasteiger partial charge in [0, 0.05) is 19.3 Å². The van der Waals surface area contributed by atoms with E-state index in [0.29, 0.717) is 6.61 Å². The summed E-state index contributed by atoms with van der Waals surface area (Å²) in [6.45, 7) is 5.53. The lowest BCUT2D eigenvalue weighted by atomic mass is 10.2. The molecule has 1 aliphatic rings. The third-order valence-corrected chi connectivity index (χ3v) is 3.26. The van der Waals surface area contributed by atoms with Crippen molar-refractivity contribution in [2.24, 2.45) is 0 Å². The summed E-state index contributed by atoms with van der Waals surface area (Å²) < 4.78 is 7.82. The Labute approximate surface area is 106 Å². The van der Waals surface area contributed by atoms with E-state index in [2.05, 4.69) is 21.8 Å². The molecule has 0 radical (unpaired) electrons. The third-order valence-electron chi connectivity index (χ3n) is 3.26. The fourth-order valence-electron chi connectivity index (χ4n) is 2.46. The maximum atomic E-state index is 5.53. The molecule has 0 spiro atoms. The summed E-state index contributed by atoms with van der Waals surface area (Å²) >= 11 is 0. The highest BCUT2D eigenvalue weighted by molar-refractivity contribution is 5.74. The summed E-state index contributed by atoms with van der Waals surface area (Å²) in [6, 6.07) is 2.23. The van der Waals surface area contributed by atoms with Crippen molar-refractivity contribution >= 4 is 11.0 Å². The lowest BCUT2D eigenvalue weighted by Crippen LogP contribution is -2.36. The van der Waals surface area contributed by atoms with E-state index in [-0.39, 0.29) is 6.04 Å². The molecule has 1 aliphatic heterocycles. The molecule has 0 aromatic carbocycles. The molecular formula is C13H18N4O. The van der Waals surface area contributed by atoms with E-state index in [1.807, 2.05) is 18.5 Å². The lowest BCUT2D eigenvalue weighted by molar-refractivity contribution is 0.0732. The van der Waals surface area contributed by atoms with Crippen molar-refractivity contribution < 1.29 is 4.74 Å². The van der Waals surface area contributed by atoms with Crippen molar-refractivity contribution in [3.05, 3.63) is 24.3 Å². The normalized spacial score (nSPS) is 20.4. The fourth-order valence-corrected chi connectivity index (χ4v) is 2.46. The van der Waals surface area contributed by atoms with Crippen molar-refractivity contribution in [1.29, 1.82) is 0 Å². The first kappa shape index (κ1) is 11.6. The van der Waals surface area contributed by atoms with Crippen molar-refractivity contribution in [2.45, 2.75) is 25.9 Å². The summed E-state index contributed by atoms with van der Waals surface area (Å²) in [4.78, 5) is 8.86.